The van der Waals surface area contributed by atoms with E-state index in [1.807, 2.05) is 18.5 Å². The van der Waals surface area contributed by atoms with Crippen LogP contribution in [-0.2, 0) is 12.5 Å². The van der Waals surface area contributed by atoms with Crippen LogP contribution in [0.1, 0.15) is 53.0 Å². The molecule has 0 amide bonds. The Hall–Kier alpha value is -3.65. The number of benzene rings is 1. The van der Waals surface area contributed by atoms with Crippen LogP contribution in [0, 0.1) is 6.92 Å². The number of rotatable bonds is 4. The zero-order valence-electron chi connectivity index (χ0n) is 19.1. The van der Waals surface area contributed by atoms with Crippen molar-refractivity contribution in [2.75, 3.05) is 11.5 Å². The lowest BCUT2D eigenvalue weighted by Crippen LogP contribution is -2.14. The fourth-order valence-corrected chi connectivity index (χ4v) is 4.67. The van der Waals surface area contributed by atoms with Gasteiger partial charge < -0.3 is 26.2 Å². The van der Waals surface area contributed by atoms with Crippen molar-refractivity contribution in [3.8, 4) is 0 Å². The van der Waals surface area contributed by atoms with Crippen molar-refractivity contribution < 1.29 is 19.8 Å². The van der Waals surface area contributed by atoms with Gasteiger partial charge in [-0.1, -0.05) is 43.9 Å². The van der Waals surface area contributed by atoms with Gasteiger partial charge in [-0.05, 0) is 25.1 Å². The van der Waals surface area contributed by atoms with E-state index in [1.54, 1.807) is 4.63 Å². The van der Waals surface area contributed by atoms with E-state index >= 15 is 0 Å². The average molecular weight is 505 g/mol. The molecule has 3 aromatic heterocycles. The summed E-state index contributed by atoms with van der Waals surface area (Å²) in [5.41, 5.74) is 13.5. The summed E-state index contributed by atoms with van der Waals surface area (Å²) in [6, 6.07) is 4.05. The van der Waals surface area contributed by atoms with E-state index in [0.717, 1.165) is 34.2 Å². The summed E-state index contributed by atoms with van der Waals surface area (Å²) >= 11 is 2.33. The topological polar surface area (TPSA) is 188 Å². The number of hydrogen-bond acceptors (Lipinski definition) is 10. The largest absolute Gasteiger partial charge is 0.478 e. The van der Waals surface area contributed by atoms with Crippen molar-refractivity contribution in [3.63, 3.8) is 0 Å². The molecule has 6 N–H and O–H groups in total. The van der Waals surface area contributed by atoms with Gasteiger partial charge in [0.1, 0.15) is 11.5 Å². The normalized spacial score (nSPS) is 11.3. The molecule has 0 fully saturated rings. The minimum atomic E-state index is -1.29. The lowest BCUT2D eigenvalue weighted by atomic mass is 9.91. The van der Waals surface area contributed by atoms with E-state index in [-0.39, 0.29) is 16.5 Å². The Morgan fingerprint density at radius 3 is 2.21 bits per heavy atom. The van der Waals surface area contributed by atoms with Gasteiger partial charge in [0.25, 0.3) is 0 Å². The van der Waals surface area contributed by atoms with Crippen molar-refractivity contribution in [2.24, 2.45) is 7.05 Å². The van der Waals surface area contributed by atoms with Gasteiger partial charge >= 0.3 is 11.9 Å². The SMILES string of the molecule is Cc1nn2nc(C(C)(C)C)c(N)c2n1C.Nc1nnc(Sc2ccc(C(=O)O)c(C(=O)O)c2)s1. The number of nitrogen functional groups attached to an aromatic ring is 2. The molecular formula is C20H24N8O4S2. The number of nitrogens with zero attached hydrogens (tertiary/aromatic N) is 6. The summed E-state index contributed by atoms with van der Waals surface area (Å²) in [6.07, 6.45) is 0. The quantitative estimate of drug-likeness (QED) is 0.320. The number of nitrogens with two attached hydrogens (primary N) is 2. The van der Waals surface area contributed by atoms with Gasteiger partial charge in [0, 0.05) is 17.4 Å². The lowest BCUT2D eigenvalue weighted by molar-refractivity contribution is 0.0651. The maximum atomic E-state index is 11.0. The van der Waals surface area contributed by atoms with Crippen LogP contribution in [0.3, 0.4) is 0 Å². The molecule has 0 radical (unpaired) electrons. The number of aromatic carboxylic acids is 2. The summed E-state index contributed by atoms with van der Waals surface area (Å²) in [6.45, 7) is 8.22. The van der Waals surface area contributed by atoms with E-state index in [4.69, 9.17) is 21.7 Å². The molecule has 0 unspecified atom stereocenters. The summed E-state index contributed by atoms with van der Waals surface area (Å²) in [5.74, 6) is -1.67. The summed E-state index contributed by atoms with van der Waals surface area (Å²) < 4.78 is 4.12. The number of carboxylic acids is 2. The van der Waals surface area contributed by atoms with Crippen LogP contribution in [0.4, 0.5) is 10.8 Å². The molecule has 34 heavy (non-hydrogen) atoms. The summed E-state index contributed by atoms with van der Waals surface area (Å²) in [5, 5.41) is 34.3. The standard InChI is InChI=1S/C10H17N5.C10H7N3O4S2/c1-6-12-15-9(14(6)5)7(11)8(13-15)10(2,3)4;11-9-12-13-10(19-9)18-4-1-2-5(7(14)15)6(3-4)8(16)17/h11H2,1-5H3;1-3H,(H2,11,12)(H,14,15)(H,16,17). The Kier molecular flexibility index (Phi) is 6.84. The van der Waals surface area contributed by atoms with Gasteiger partial charge in [0.15, 0.2) is 9.99 Å². The van der Waals surface area contributed by atoms with Gasteiger partial charge in [0.05, 0.1) is 16.8 Å². The molecule has 4 rings (SSSR count). The molecule has 0 atom stereocenters. The van der Waals surface area contributed by atoms with E-state index in [0.29, 0.717) is 14.4 Å². The molecule has 0 spiro atoms. The third kappa shape index (κ3) is 5.12. The number of aryl methyl sites for hydroxylation is 2. The molecule has 0 aliphatic heterocycles. The van der Waals surface area contributed by atoms with Crippen LogP contribution in [-0.4, -0.2) is 51.7 Å². The zero-order valence-corrected chi connectivity index (χ0v) is 20.7. The predicted molar refractivity (Wildman–Crippen MR) is 129 cm³/mol. The van der Waals surface area contributed by atoms with Crippen LogP contribution in [0.5, 0.6) is 0 Å². The van der Waals surface area contributed by atoms with E-state index in [2.05, 4.69) is 41.2 Å². The predicted octanol–water partition coefficient (Wildman–Crippen LogP) is 2.92. The molecule has 14 heteroatoms. The van der Waals surface area contributed by atoms with Crippen LogP contribution >= 0.6 is 23.1 Å². The molecule has 0 aliphatic rings. The summed E-state index contributed by atoms with van der Waals surface area (Å²) in [7, 11) is 1.95. The van der Waals surface area contributed by atoms with Crippen molar-refractivity contribution in [1.29, 1.82) is 0 Å². The highest BCUT2D eigenvalue weighted by molar-refractivity contribution is 8.01. The molecule has 4 aromatic rings. The van der Waals surface area contributed by atoms with Crippen molar-refractivity contribution in [1.82, 2.24) is 29.6 Å². The Morgan fingerprint density at radius 2 is 1.71 bits per heavy atom. The minimum Gasteiger partial charge on any atom is -0.478 e. The Bertz CT molecular complexity index is 1380. The molecule has 0 saturated carbocycles. The maximum Gasteiger partial charge on any atom is 0.336 e. The van der Waals surface area contributed by atoms with Crippen molar-refractivity contribution in [2.45, 2.75) is 42.3 Å². The second-order valence-corrected chi connectivity index (χ2v) is 10.6. The monoisotopic (exact) mass is 504 g/mol. The molecule has 1 aromatic carbocycles. The number of hydrogen-bond donors (Lipinski definition) is 4. The first-order chi connectivity index (χ1) is 15.8. The van der Waals surface area contributed by atoms with Gasteiger partial charge in [0.2, 0.25) is 5.13 Å². The molecule has 0 saturated heterocycles. The number of aromatic nitrogens is 6. The van der Waals surface area contributed by atoms with Crippen molar-refractivity contribution in [3.05, 3.63) is 40.8 Å². The number of carboxylic acid groups (broad SMARTS) is 2. The second-order valence-electron chi connectivity index (χ2n) is 8.26. The highest BCUT2D eigenvalue weighted by Crippen LogP contribution is 2.32. The number of fused-ring (bicyclic) bond motifs is 1. The number of carbonyl (C=O) groups is 2. The molecule has 12 nitrogen and oxygen atoms in total. The molecule has 180 valence electrons. The first-order valence-electron chi connectivity index (χ1n) is 9.85. The molecule has 0 bridgehead atoms. The second kappa shape index (κ2) is 9.30. The van der Waals surface area contributed by atoms with Crippen LogP contribution < -0.4 is 11.5 Å². The highest BCUT2D eigenvalue weighted by atomic mass is 32.2. The average Bonchev–Trinajstić information content (AvgIpc) is 3.38. The minimum absolute atomic E-state index is 0.0499. The van der Waals surface area contributed by atoms with Crippen LogP contribution in [0.15, 0.2) is 27.4 Å². The van der Waals surface area contributed by atoms with Gasteiger partial charge in [-0.3, -0.25) is 0 Å². The van der Waals surface area contributed by atoms with Crippen molar-refractivity contribution >= 4 is 51.5 Å². The summed E-state index contributed by atoms with van der Waals surface area (Å²) in [4.78, 5) is 22.5. The van der Waals surface area contributed by atoms with Gasteiger partial charge in [-0.2, -0.15) is 5.10 Å². The zero-order chi connectivity index (χ0) is 25.4. The van der Waals surface area contributed by atoms with Crippen LogP contribution in [0.2, 0.25) is 0 Å². The highest BCUT2D eigenvalue weighted by Gasteiger charge is 2.25. The first-order valence-corrected chi connectivity index (χ1v) is 11.5. The molecule has 0 aliphatic carbocycles. The molecule has 3 heterocycles. The van der Waals surface area contributed by atoms with E-state index in [1.165, 1.54) is 30.0 Å². The fraction of sp³-hybridized carbons (Fsp3) is 0.300. The number of anilines is 2. The third-order valence-electron chi connectivity index (χ3n) is 4.71. The van der Waals surface area contributed by atoms with E-state index in [9.17, 15) is 9.59 Å². The Balaban J connectivity index is 0.000000196. The Morgan fingerprint density at radius 1 is 1.06 bits per heavy atom. The Labute approximate surface area is 202 Å². The third-order valence-corrected chi connectivity index (χ3v) is 6.51. The molecular weight excluding hydrogens is 480 g/mol. The fourth-order valence-electron chi connectivity index (χ4n) is 3.02. The van der Waals surface area contributed by atoms with E-state index < -0.39 is 11.9 Å². The first kappa shape index (κ1) is 25.0. The maximum absolute atomic E-state index is 11.0. The van der Waals surface area contributed by atoms with Gasteiger partial charge in [-0.15, -0.1) is 19.9 Å². The van der Waals surface area contributed by atoms with Crippen LogP contribution in [0.25, 0.3) is 5.65 Å². The van der Waals surface area contributed by atoms with Gasteiger partial charge in [-0.25, -0.2) is 9.59 Å². The lowest BCUT2D eigenvalue weighted by Gasteiger charge is -2.15. The smallest absolute Gasteiger partial charge is 0.336 e.